The van der Waals surface area contributed by atoms with Gasteiger partial charge in [0.1, 0.15) is 16.4 Å². The van der Waals surface area contributed by atoms with Crippen molar-refractivity contribution in [2.75, 3.05) is 12.8 Å². The van der Waals surface area contributed by atoms with E-state index in [1.807, 2.05) is 19.1 Å². The predicted octanol–water partition coefficient (Wildman–Crippen LogP) is 4.37. The van der Waals surface area contributed by atoms with E-state index in [4.69, 9.17) is 15.5 Å². The molecule has 1 heterocycles. The Morgan fingerprint density at radius 2 is 2.05 bits per heavy atom. The molecular formula is C16H20N2OS. The topological polar surface area (TPSA) is 48.1 Å². The van der Waals surface area contributed by atoms with Gasteiger partial charge < -0.3 is 10.5 Å². The van der Waals surface area contributed by atoms with E-state index < -0.39 is 0 Å². The fraction of sp³-hybridized carbons (Fsp3) is 0.438. The van der Waals surface area contributed by atoms with Gasteiger partial charge in [-0.3, -0.25) is 0 Å². The number of nitrogens with zero attached hydrogens (tertiary/aromatic N) is 1. The van der Waals surface area contributed by atoms with Crippen LogP contribution in [0.2, 0.25) is 0 Å². The molecule has 0 bridgehead atoms. The van der Waals surface area contributed by atoms with Gasteiger partial charge >= 0.3 is 0 Å². The fourth-order valence-electron chi connectivity index (χ4n) is 2.93. The van der Waals surface area contributed by atoms with Crippen molar-refractivity contribution in [3.05, 3.63) is 28.8 Å². The number of hydrogen-bond acceptors (Lipinski definition) is 4. The normalized spacial score (nSPS) is 15.7. The Morgan fingerprint density at radius 3 is 2.70 bits per heavy atom. The van der Waals surface area contributed by atoms with Gasteiger partial charge in [-0.1, -0.05) is 12.8 Å². The summed E-state index contributed by atoms with van der Waals surface area (Å²) < 4.78 is 5.30. The van der Waals surface area contributed by atoms with Crippen molar-refractivity contribution in [3.8, 4) is 17.0 Å². The van der Waals surface area contributed by atoms with Crippen molar-refractivity contribution in [3.63, 3.8) is 0 Å². The molecule has 2 aromatic rings. The monoisotopic (exact) mass is 288 g/mol. The minimum Gasteiger partial charge on any atom is -0.496 e. The first kappa shape index (κ1) is 13.4. The van der Waals surface area contributed by atoms with E-state index >= 15 is 0 Å². The largest absolute Gasteiger partial charge is 0.496 e. The van der Waals surface area contributed by atoms with Crippen molar-refractivity contribution < 1.29 is 4.74 Å². The standard InChI is InChI=1S/C16H20N2OS/c1-10-9-12(7-8-13(10)19-2)14-15(17)20-16(18-14)11-5-3-4-6-11/h7-9,11H,3-6,17H2,1-2H3. The Balaban J connectivity index is 1.95. The summed E-state index contributed by atoms with van der Waals surface area (Å²) in [5, 5.41) is 2.04. The number of anilines is 1. The van der Waals surface area contributed by atoms with Gasteiger partial charge in [-0.25, -0.2) is 4.98 Å². The Hall–Kier alpha value is -1.55. The summed E-state index contributed by atoms with van der Waals surface area (Å²) in [7, 11) is 1.69. The molecule has 1 aromatic carbocycles. The van der Waals surface area contributed by atoms with Crippen LogP contribution in [-0.2, 0) is 0 Å². The van der Waals surface area contributed by atoms with E-state index in [1.54, 1.807) is 18.4 Å². The quantitative estimate of drug-likeness (QED) is 0.912. The average Bonchev–Trinajstić information content (AvgIpc) is 3.07. The summed E-state index contributed by atoms with van der Waals surface area (Å²) >= 11 is 1.66. The summed E-state index contributed by atoms with van der Waals surface area (Å²) in [6.45, 7) is 2.04. The van der Waals surface area contributed by atoms with Crippen molar-refractivity contribution in [1.29, 1.82) is 0 Å². The van der Waals surface area contributed by atoms with Gasteiger partial charge in [0.2, 0.25) is 0 Å². The fourth-order valence-corrected chi connectivity index (χ4v) is 3.95. The molecule has 106 valence electrons. The third-order valence-corrected chi connectivity index (χ3v) is 5.09. The molecular weight excluding hydrogens is 268 g/mol. The summed E-state index contributed by atoms with van der Waals surface area (Å²) in [4.78, 5) is 4.81. The van der Waals surface area contributed by atoms with Crippen molar-refractivity contribution in [2.45, 2.75) is 38.5 Å². The Kier molecular flexibility index (Phi) is 3.66. The summed E-state index contributed by atoms with van der Waals surface area (Å²) in [6, 6.07) is 6.12. The van der Waals surface area contributed by atoms with Crippen LogP contribution in [0, 0.1) is 6.92 Å². The molecule has 1 aliphatic rings. The third-order valence-electron chi connectivity index (χ3n) is 4.04. The maximum atomic E-state index is 6.19. The molecule has 3 rings (SSSR count). The number of aryl methyl sites for hydroxylation is 1. The zero-order chi connectivity index (χ0) is 14.1. The van der Waals surface area contributed by atoms with Crippen molar-refractivity contribution >= 4 is 16.3 Å². The van der Waals surface area contributed by atoms with Crippen LogP contribution >= 0.6 is 11.3 Å². The molecule has 4 heteroatoms. The van der Waals surface area contributed by atoms with Crippen LogP contribution in [0.5, 0.6) is 5.75 Å². The molecule has 1 saturated carbocycles. The van der Waals surface area contributed by atoms with Gasteiger partial charge in [0.05, 0.1) is 12.1 Å². The van der Waals surface area contributed by atoms with Crippen LogP contribution in [0.15, 0.2) is 18.2 Å². The molecule has 0 amide bonds. The van der Waals surface area contributed by atoms with Crippen LogP contribution in [0.4, 0.5) is 5.00 Å². The highest BCUT2D eigenvalue weighted by Crippen LogP contribution is 2.41. The number of nitrogens with two attached hydrogens (primary N) is 1. The first-order valence-electron chi connectivity index (χ1n) is 7.10. The molecule has 0 radical (unpaired) electrons. The van der Waals surface area contributed by atoms with Crippen LogP contribution < -0.4 is 10.5 Å². The Morgan fingerprint density at radius 1 is 1.30 bits per heavy atom. The lowest BCUT2D eigenvalue weighted by molar-refractivity contribution is 0.412. The second-order valence-corrected chi connectivity index (χ2v) is 6.49. The van der Waals surface area contributed by atoms with Gasteiger partial charge in [-0.05, 0) is 43.5 Å². The van der Waals surface area contributed by atoms with Gasteiger partial charge in [-0.15, -0.1) is 11.3 Å². The van der Waals surface area contributed by atoms with Crippen LogP contribution in [0.3, 0.4) is 0 Å². The first-order chi connectivity index (χ1) is 9.69. The maximum Gasteiger partial charge on any atom is 0.121 e. The van der Waals surface area contributed by atoms with E-state index in [0.29, 0.717) is 5.92 Å². The molecule has 1 aromatic heterocycles. The Labute approximate surface area is 123 Å². The van der Waals surface area contributed by atoms with Crippen LogP contribution in [-0.4, -0.2) is 12.1 Å². The van der Waals surface area contributed by atoms with Crippen molar-refractivity contribution in [2.24, 2.45) is 0 Å². The van der Waals surface area contributed by atoms with Gasteiger partial charge in [0, 0.05) is 11.5 Å². The number of methoxy groups -OCH3 is 1. The third kappa shape index (κ3) is 2.40. The highest BCUT2D eigenvalue weighted by Gasteiger charge is 2.22. The SMILES string of the molecule is COc1ccc(-c2nc(C3CCCC3)sc2N)cc1C. The zero-order valence-electron chi connectivity index (χ0n) is 12.0. The second-order valence-electron chi connectivity index (χ2n) is 5.43. The number of nitrogen functional groups attached to an aromatic ring is 1. The lowest BCUT2D eigenvalue weighted by Crippen LogP contribution is -1.92. The zero-order valence-corrected chi connectivity index (χ0v) is 12.8. The summed E-state index contributed by atoms with van der Waals surface area (Å²) in [5.74, 6) is 1.52. The lowest BCUT2D eigenvalue weighted by Gasteiger charge is -2.06. The minimum atomic E-state index is 0.621. The van der Waals surface area contributed by atoms with Crippen LogP contribution in [0.1, 0.15) is 42.2 Å². The molecule has 0 unspecified atom stereocenters. The van der Waals surface area contributed by atoms with Crippen molar-refractivity contribution in [1.82, 2.24) is 4.98 Å². The number of aromatic nitrogens is 1. The number of benzene rings is 1. The molecule has 0 saturated heterocycles. The van der Waals surface area contributed by atoms with E-state index in [1.165, 1.54) is 30.7 Å². The molecule has 0 atom stereocenters. The van der Waals surface area contributed by atoms with E-state index in [0.717, 1.165) is 27.6 Å². The first-order valence-corrected chi connectivity index (χ1v) is 7.92. The second kappa shape index (κ2) is 5.44. The highest BCUT2D eigenvalue weighted by molar-refractivity contribution is 7.16. The maximum absolute atomic E-state index is 6.19. The van der Waals surface area contributed by atoms with Gasteiger partial charge in [0.25, 0.3) is 0 Å². The molecule has 3 nitrogen and oxygen atoms in total. The van der Waals surface area contributed by atoms with Gasteiger partial charge in [-0.2, -0.15) is 0 Å². The van der Waals surface area contributed by atoms with Crippen LogP contribution in [0.25, 0.3) is 11.3 Å². The van der Waals surface area contributed by atoms with Gasteiger partial charge in [0.15, 0.2) is 0 Å². The minimum absolute atomic E-state index is 0.621. The number of hydrogen-bond donors (Lipinski definition) is 1. The molecule has 0 spiro atoms. The smallest absolute Gasteiger partial charge is 0.121 e. The van der Waals surface area contributed by atoms with E-state index in [2.05, 4.69) is 6.07 Å². The number of ether oxygens (including phenoxy) is 1. The summed E-state index contributed by atoms with van der Waals surface area (Å²) in [6.07, 6.45) is 5.16. The number of thiazole rings is 1. The Bertz CT molecular complexity index is 615. The van der Waals surface area contributed by atoms with E-state index in [-0.39, 0.29) is 0 Å². The molecule has 2 N–H and O–H groups in total. The summed E-state index contributed by atoms with van der Waals surface area (Å²) in [5.41, 5.74) is 9.31. The molecule has 1 fully saturated rings. The highest BCUT2D eigenvalue weighted by atomic mass is 32.1. The molecule has 20 heavy (non-hydrogen) atoms. The van der Waals surface area contributed by atoms with E-state index in [9.17, 15) is 0 Å². The molecule has 0 aliphatic heterocycles. The lowest BCUT2D eigenvalue weighted by atomic mass is 10.1. The average molecular weight is 288 g/mol. The molecule has 1 aliphatic carbocycles. The number of rotatable bonds is 3. The predicted molar refractivity (Wildman–Crippen MR) is 84.5 cm³/mol.